The van der Waals surface area contributed by atoms with Gasteiger partial charge in [0.1, 0.15) is 5.75 Å². The summed E-state index contributed by atoms with van der Waals surface area (Å²) in [5, 5.41) is 0. The molecule has 1 aromatic carbocycles. The SMILES string of the molecule is CCc1ccc(OC2CC2)cc1C(N)=O. The third kappa shape index (κ3) is 2.29. The Labute approximate surface area is 89.2 Å². The number of hydrogen-bond donors (Lipinski definition) is 1. The largest absolute Gasteiger partial charge is 0.490 e. The van der Waals surface area contributed by atoms with Crippen LogP contribution in [0.3, 0.4) is 0 Å². The second-order valence-corrected chi connectivity index (χ2v) is 3.85. The minimum atomic E-state index is -0.381. The number of carbonyl (C=O) groups is 1. The molecule has 80 valence electrons. The topological polar surface area (TPSA) is 52.3 Å². The smallest absolute Gasteiger partial charge is 0.249 e. The fraction of sp³-hybridized carbons (Fsp3) is 0.417. The monoisotopic (exact) mass is 205 g/mol. The van der Waals surface area contributed by atoms with Gasteiger partial charge in [-0.2, -0.15) is 0 Å². The first-order valence-corrected chi connectivity index (χ1v) is 5.30. The van der Waals surface area contributed by atoms with Crippen LogP contribution in [0.5, 0.6) is 5.75 Å². The van der Waals surface area contributed by atoms with Gasteiger partial charge >= 0.3 is 0 Å². The zero-order valence-corrected chi connectivity index (χ0v) is 8.82. The molecule has 0 radical (unpaired) electrons. The Morgan fingerprint density at radius 2 is 2.27 bits per heavy atom. The Kier molecular flexibility index (Phi) is 2.62. The molecule has 0 aliphatic heterocycles. The summed E-state index contributed by atoms with van der Waals surface area (Å²) in [7, 11) is 0. The first-order chi connectivity index (χ1) is 7.20. The number of ether oxygens (including phenoxy) is 1. The summed E-state index contributed by atoms with van der Waals surface area (Å²) in [4.78, 5) is 11.2. The van der Waals surface area contributed by atoms with Gasteiger partial charge in [-0.15, -0.1) is 0 Å². The molecule has 1 saturated carbocycles. The van der Waals surface area contributed by atoms with Crippen molar-refractivity contribution in [3.8, 4) is 5.75 Å². The van der Waals surface area contributed by atoms with Crippen LogP contribution in [0.1, 0.15) is 35.7 Å². The predicted octanol–water partition coefficient (Wildman–Crippen LogP) is 1.89. The number of hydrogen-bond acceptors (Lipinski definition) is 2. The number of rotatable bonds is 4. The maximum Gasteiger partial charge on any atom is 0.249 e. The zero-order valence-electron chi connectivity index (χ0n) is 8.82. The van der Waals surface area contributed by atoms with E-state index in [0.29, 0.717) is 11.7 Å². The van der Waals surface area contributed by atoms with E-state index in [-0.39, 0.29) is 5.91 Å². The maximum atomic E-state index is 11.2. The van der Waals surface area contributed by atoms with E-state index in [1.807, 2.05) is 19.1 Å². The Bertz CT molecular complexity index is 383. The van der Waals surface area contributed by atoms with Gasteiger partial charge in [0.25, 0.3) is 0 Å². The predicted molar refractivity (Wildman–Crippen MR) is 58.0 cm³/mol. The second kappa shape index (κ2) is 3.93. The average Bonchev–Trinajstić information content (AvgIpc) is 3.01. The number of aryl methyl sites for hydroxylation is 1. The highest BCUT2D eigenvalue weighted by Crippen LogP contribution is 2.28. The van der Waals surface area contributed by atoms with Crippen LogP contribution in [0.2, 0.25) is 0 Å². The fourth-order valence-corrected chi connectivity index (χ4v) is 1.54. The maximum absolute atomic E-state index is 11.2. The van der Waals surface area contributed by atoms with Crippen molar-refractivity contribution in [2.24, 2.45) is 5.73 Å². The lowest BCUT2D eigenvalue weighted by molar-refractivity contribution is 0.0999. The Hall–Kier alpha value is -1.51. The lowest BCUT2D eigenvalue weighted by Crippen LogP contribution is -2.14. The van der Waals surface area contributed by atoms with Gasteiger partial charge in [-0.05, 0) is 37.0 Å². The van der Waals surface area contributed by atoms with Gasteiger partial charge in [0, 0.05) is 5.56 Å². The van der Waals surface area contributed by atoms with Crippen molar-refractivity contribution in [3.63, 3.8) is 0 Å². The molecule has 0 bridgehead atoms. The van der Waals surface area contributed by atoms with Gasteiger partial charge < -0.3 is 10.5 Å². The summed E-state index contributed by atoms with van der Waals surface area (Å²) in [6.07, 6.45) is 3.38. The third-order valence-electron chi connectivity index (χ3n) is 2.55. The summed E-state index contributed by atoms with van der Waals surface area (Å²) in [5.74, 6) is 0.372. The molecule has 2 rings (SSSR count). The molecule has 0 aromatic heterocycles. The highest BCUT2D eigenvalue weighted by Gasteiger charge is 2.23. The molecule has 0 heterocycles. The molecule has 3 heteroatoms. The molecule has 1 aliphatic carbocycles. The Morgan fingerprint density at radius 1 is 1.53 bits per heavy atom. The first kappa shape index (κ1) is 10.0. The molecule has 3 nitrogen and oxygen atoms in total. The van der Waals surface area contributed by atoms with Crippen molar-refractivity contribution in [2.45, 2.75) is 32.3 Å². The summed E-state index contributed by atoms with van der Waals surface area (Å²) >= 11 is 0. The summed E-state index contributed by atoms with van der Waals surface area (Å²) < 4.78 is 5.61. The minimum Gasteiger partial charge on any atom is -0.490 e. The van der Waals surface area contributed by atoms with E-state index in [4.69, 9.17) is 10.5 Å². The van der Waals surface area contributed by atoms with Gasteiger partial charge in [-0.3, -0.25) is 4.79 Å². The van der Waals surface area contributed by atoms with Crippen LogP contribution in [-0.2, 0) is 6.42 Å². The molecular formula is C12H15NO2. The van der Waals surface area contributed by atoms with Gasteiger partial charge in [-0.25, -0.2) is 0 Å². The van der Waals surface area contributed by atoms with E-state index in [0.717, 1.165) is 30.6 Å². The fourth-order valence-electron chi connectivity index (χ4n) is 1.54. The lowest BCUT2D eigenvalue weighted by atomic mass is 10.0. The standard InChI is InChI=1S/C12H15NO2/c1-2-8-3-4-10(15-9-5-6-9)7-11(8)12(13)14/h3-4,7,9H,2,5-6H2,1H3,(H2,13,14). The molecule has 1 amide bonds. The molecule has 1 aromatic rings. The van der Waals surface area contributed by atoms with Crippen molar-refractivity contribution >= 4 is 5.91 Å². The van der Waals surface area contributed by atoms with Crippen LogP contribution < -0.4 is 10.5 Å². The summed E-state index contributed by atoms with van der Waals surface area (Å²) in [6.45, 7) is 2.00. The van der Waals surface area contributed by atoms with Crippen molar-refractivity contribution in [2.75, 3.05) is 0 Å². The average molecular weight is 205 g/mol. The summed E-state index contributed by atoms with van der Waals surface area (Å²) in [6, 6.07) is 5.57. The molecule has 1 aliphatic rings. The van der Waals surface area contributed by atoms with Crippen LogP contribution in [0.25, 0.3) is 0 Å². The summed E-state index contributed by atoms with van der Waals surface area (Å²) in [5.41, 5.74) is 6.87. The van der Waals surface area contributed by atoms with E-state index < -0.39 is 0 Å². The first-order valence-electron chi connectivity index (χ1n) is 5.30. The Morgan fingerprint density at radius 3 is 2.80 bits per heavy atom. The molecule has 15 heavy (non-hydrogen) atoms. The number of benzene rings is 1. The van der Waals surface area contributed by atoms with Crippen molar-refractivity contribution in [1.29, 1.82) is 0 Å². The van der Waals surface area contributed by atoms with Crippen LogP contribution in [0, 0.1) is 0 Å². The molecule has 2 N–H and O–H groups in total. The van der Waals surface area contributed by atoms with Crippen molar-refractivity contribution < 1.29 is 9.53 Å². The highest BCUT2D eigenvalue weighted by atomic mass is 16.5. The van der Waals surface area contributed by atoms with E-state index in [1.165, 1.54) is 0 Å². The van der Waals surface area contributed by atoms with E-state index >= 15 is 0 Å². The van der Waals surface area contributed by atoms with Gasteiger partial charge in [-0.1, -0.05) is 13.0 Å². The molecule has 1 fully saturated rings. The molecular weight excluding hydrogens is 190 g/mol. The molecule has 0 spiro atoms. The molecule has 0 atom stereocenters. The normalized spacial score (nSPS) is 15.0. The highest BCUT2D eigenvalue weighted by molar-refractivity contribution is 5.94. The van der Waals surface area contributed by atoms with Gasteiger partial charge in [0.2, 0.25) is 5.91 Å². The molecule has 0 saturated heterocycles. The van der Waals surface area contributed by atoms with Crippen molar-refractivity contribution in [1.82, 2.24) is 0 Å². The number of carbonyl (C=O) groups excluding carboxylic acids is 1. The number of primary amides is 1. The third-order valence-corrected chi connectivity index (χ3v) is 2.55. The zero-order chi connectivity index (χ0) is 10.8. The second-order valence-electron chi connectivity index (χ2n) is 3.85. The number of amides is 1. The van der Waals surface area contributed by atoms with Crippen LogP contribution in [0.4, 0.5) is 0 Å². The van der Waals surface area contributed by atoms with Crippen molar-refractivity contribution in [3.05, 3.63) is 29.3 Å². The van der Waals surface area contributed by atoms with Crippen LogP contribution in [-0.4, -0.2) is 12.0 Å². The van der Waals surface area contributed by atoms with E-state index in [9.17, 15) is 4.79 Å². The van der Waals surface area contributed by atoms with E-state index in [1.54, 1.807) is 6.07 Å². The number of nitrogens with two attached hydrogens (primary N) is 1. The minimum absolute atomic E-state index is 0.346. The van der Waals surface area contributed by atoms with Crippen LogP contribution in [0.15, 0.2) is 18.2 Å². The van der Waals surface area contributed by atoms with Gasteiger partial charge in [0.05, 0.1) is 6.10 Å². The Balaban J connectivity index is 2.26. The van der Waals surface area contributed by atoms with E-state index in [2.05, 4.69) is 0 Å². The molecule has 0 unspecified atom stereocenters. The van der Waals surface area contributed by atoms with Crippen LogP contribution >= 0.6 is 0 Å². The van der Waals surface area contributed by atoms with Gasteiger partial charge in [0.15, 0.2) is 0 Å². The quantitative estimate of drug-likeness (QED) is 0.816. The lowest BCUT2D eigenvalue weighted by Gasteiger charge is -2.08.